The Morgan fingerprint density at radius 1 is 1.56 bits per heavy atom. The van der Waals surface area contributed by atoms with Gasteiger partial charge in [0.15, 0.2) is 0 Å². The predicted molar refractivity (Wildman–Crippen MR) is 54.2 cm³/mol. The summed E-state index contributed by atoms with van der Waals surface area (Å²) < 4.78 is 0. The van der Waals surface area contributed by atoms with Crippen molar-refractivity contribution in [3.63, 3.8) is 0 Å². The van der Waals surface area contributed by atoms with E-state index in [0.717, 1.165) is 11.5 Å². The monoisotopic (exact) mass is 182 g/mol. The maximum atomic E-state index is 4.36. The van der Waals surface area contributed by atoms with E-state index in [0.29, 0.717) is 5.25 Å². The summed E-state index contributed by atoms with van der Waals surface area (Å²) in [6, 6.07) is 0. The van der Waals surface area contributed by atoms with Crippen LogP contribution in [0.1, 0.15) is 13.3 Å². The molecule has 0 saturated carbocycles. The molecular formula is C6H14S3. The van der Waals surface area contributed by atoms with E-state index in [1.807, 2.05) is 11.8 Å². The molecule has 0 aromatic carbocycles. The molecule has 0 nitrogen and oxygen atoms in total. The molecule has 0 aromatic heterocycles. The molecule has 0 N–H and O–H groups in total. The van der Waals surface area contributed by atoms with Gasteiger partial charge >= 0.3 is 0 Å². The lowest BCUT2D eigenvalue weighted by atomic mass is 10.4. The second kappa shape index (κ2) is 7.16. The fourth-order valence-corrected chi connectivity index (χ4v) is 1.91. The van der Waals surface area contributed by atoms with Gasteiger partial charge in [0, 0.05) is 16.8 Å². The topological polar surface area (TPSA) is 0 Å². The molecule has 1 unspecified atom stereocenters. The second-order valence-electron chi connectivity index (χ2n) is 1.86. The zero-order valence-corrected chi connectivity index (χ0v) is 8.31. The van der Waals surface area contributed by atoms with Crippen molar-refractivity contribution in [2.45, 2.75) is 18.6 Å². The van der Waals surface area contributed by atoms with Gasteiger partial charge in [0.05, 0.1) is 0 Å². The van der Waals surface area contributed by atoms with Gasteiger partial charge in [-0.25, -0.2) is 0 Å². The third-order valence-electron chi connectivity index (χ3n) is 1.02. The number of thiol groups is 2. The summed E-state index contributed by atoms with van der Waals surface area (Å²) in [6.45, 7) is 2.17. The molecule has 0 bridgehead atoms. The lowest BCUT2D eigenvalue weighted by molar-refractivity contribution is 0.924. The minimum absolute atomic E-state index is 0.579. The van der Waals surface area contributed by atoms with Gasteiger partial charge in [-0.15, -0.1) is 0 Å². The molecule has 0 aliphatic heterocycles. The molecule has 9 heavy (non-hydrogen) atoms. The van der Waals surface area contributed by atoms with Crippen LogP contribution in [0.4, 0.5) is 0 Å². The van der Waals surface area contributed by atoms with Crippen LogP contribution in [0.2, 0.25) is 0 Å². The van der Waals surface area contributed by atoms with Crippen LogP contribution < -0.4 is 0 Å². The summed E-state index contributed by atoms with van der Waals surface area (Å²) in [5, 5.41) is 0.579. The SMILES string of the molecule is CCC(S)CSCCS. The first-order valence-electron chi connectivity index (χ1n) is 3.18. The van der Waals surface area contributed by atoms with Crippen molar-refractivity contribution in [1.82, 2.24) is 0 Å². The minimum Gasteiger partial charge on any atom is -0.179 e. The Morgan fingerprint density at radius 3 is 2.67 bits per heavy atom. The van der Waals surface area contributed by atoms with Crippen LogP contribution in [0, 0.1) is 0 Å². The van der Waals surface area contributed by atoms with Gasteiger partial charge < -0.3 is 0 Å². The number of rotatable bonds is 5. The first kappa shape index (κ1) is 10.0. The zero-order chi connectivity index (χ0) is 7.11. The highest BCUT2D eigenvalue weighted by Gasteiger charge is 1.97. The van der Waals surface area contributed by atoms with Crippen LogP contribution >= 0.6 is 37.0 Å². The van der Waals surface area contributed by atoms with E-state index in [9.17, 15) is 0 Å². The average molecular weight is 182 g/mol. The van der Waals surface area contributed by atoms with Gasteiger partial charge in [-0.05, 0) is 12.2 Å². The van der Waals surface area contributed by atoms with Crippen LogP contribution in [0.15, 0.2) is 0 Å². The number of hydrogen-bond donors (Lipinski definition) is 2. The van der Waals surface area contributed by atoms with Gasteiger partial charge in [0.25, 0.3) is 0 Å². The highest BCUT2D eigenvalue weighted by atomic mass is 32.2. The van der Waals surface area contributed by atoms with E-state index in [4.69, 9.17) is 0 Å². The normalized spacial score (nSPS) is 13.7. The molecule has 56 valence electrons. The van der Waals surface area contributed by atoms with Gasteiger partial charge in [0.2, 0.25) is 0 Å². The summed E-state index contributed by atoms with van der Waals surface area (Å²) in [7, 11) is 0. The van der Waals surface area contributed by atoms with Gasteiger partial charge in [-0.2, -0.15) is 37.0 Å². The van der Waals surface area contributed by atoms with Crippen molar-refractivity contribution in [3.8, 4) is 0 Å². The van der Waals surface area contributed by atoms with Crippen LogP contribution in [0.5, 0.6) is 0 Å². The van der Waals surface area contributed by atoms with E-state index in [2.05, 4.69) is 32.2 Å². The quantitative estimate of drug-likeness (QED) is 0.486. The summed E-state index contributed by atoms with van der Waals surface area (Å²) in [5.41, 5.74) is 0. The van der Waals surface area contributed by atoms with E-state index < -0.39 is 0 Å². The average Bonchev–Trinajstić information content (AvgIpc) is 1.89. The van der Waals surface area contributed by atoms with E-state index in [1.54, 1.807) is 0 Å². The molecule has 0 saturated heterocycles. The fourth-order valence-electron chi connectivity index (χ4n) is 0.402. The molecular weight excluding hydrogens is 168 g/mol. The van der Waals surface area contributed by atoms with E-state index in [-0.39, 0.29) is 0 Å². The van der Waals surface area contributed by atoms with Crippen molar-refractivity contribution in [1.29, 1.82) is 0 Å². The molecule has 0 spiro atoms. The third kappa shape index (κ3) is 6.94. The number of hydrogen-bond acceptors (Lipinski definition) is 3. The first-order chi connectivity index (χ1) is 4.31. The van der Waals surface area contributed by atoms with Gasteiger partial charge in [-0.3, -0.25) is 0 Å². The van der Waals surface area contributed by atoms with Crippen molar-refractivity contribution < 1.29 is 0 Å². The first-order valence-corrected chi connectivity index (χ1v) is 5.48. The maximum Gasteiger partial charge on any atom is 0.0105 e. The Balaban J connectivity index is 2.88. The minimum atomic E-state index is 0.579. The molecule has 0 aromatic rings. The summed E-state index contributed by atoms with van der Waals surface area (Å²) in [4.78, 5) is 0. The zero-order valence-electron chi connectivity index (χ0n) is 5.71. The van der Waals surface area contributed by atoms with Crippen LogP contribution in [0.25, 0.3) is 0 Å². The second-order valence-corrected chi connectivity index (χ2v) is 4.19. The maximum absolute atomic E-state index is 4.36. The summed E-state index contributed by atoms with van der Waals surface area (Å²) in [6.07, 6.45) is 1.17. The lowest BCUT2D eigenvalue weighted by Gasteiger charge is -2.04. The van der Waals surface area contributed by atoms with Crippen LogP contribution in [-0.2, 0) is 0 Å². The van der Waals surface area contributed by atoms with Crippen LogP contribution in [0.3, 0.4) is 0 Å². The number of thioether (sulfide) groups is 1. The van der Waals surface area contributed by atoms with E-state index in [1.165, 1.54) is 12.2 Å². The highest BCUT2D eigenvalue weighted by Crippen LogP contribution is 2.09. The standard InChI is InChI=1S/C6H14S3/c1-2-6(8)5-9-4-3-7/h6-8H,2-5H2,1H3. The predicted octanol–water partition coefficient (Wildman–Crippen LogP) is 2.36. The van der Waals surface area contributed by atoms with Crippen molar-refractivity contribution >= 4 is 37.0 Å². The Hall–Kier alpha value is 1.05. The molecule has 0 radical (unpaired) electrons. The molecule has 1 atom stereocenters. The van der Waals surface area contributed by atoms with E-state index >= 15 is 0 Å². The Kier molecular flexibility index (Phi) is 8.00. The molecule has 0 amide bonds. The highest BCUT2D eigenvalue weighted by molar-refractivity contribution is 8.00. The van der Waals surface area contributed by atoms with Gasteiger partial charge in [0.1, 0.15) is 0 Å². The van der Waals surface area contributed by atoms with Crippen molar-refractivity contribution in [3.05, 3.63) is 0 Å². The molecule has 0 aliphatic carbocycles. The molecule has 0 aliphatic rings. The van der Waals surface area contributed by atoms with Gasteiger partial charge in [-0.1, -0.05) is 6.92 Å². The summed E-state index contributed by atoms with van der Waals surface area (Å²) >= 11 is 10.4. The fraction of sp³-hybridized carbons (Fsp3) is 1.00. The van der Waals surface area contributed by atoms with Crippen LogP contribution in [-0.4, -0.2) is 22.5 Å². The Morgan fingerprint density at radius 2 is 2.22 bits per heavy atom. The molecule has 0 heterocycles. The molecule has 3 heteroatoms. The smallest absolute Gasteiger partial charge is 0.0105 e. The molecule has 0 rings (SSSR count). The largest absolute Gasteiger partial charge is 0.179 e. The van der Waals surface area contributed by atoms with Crippen molar-refractivity contribution in [2.24, 2.45) is 0 Å². The van der Waals surface area contributed by atoms with Crippen molar-refractivity contribution in [2.75, 3.05) is 17.3 Å². The summed E-state index contributed by atoms with van der Waals surface area (Å²) in [5.74, 6) is 3.30. The third-order valence-corrected chi connectivity index (χ3v) is 3.47. The molecule has 0 fully saturated rings. The Labute approximate surface area is 73.0 Å². The lowest BCUT2D eigenvalue weighted by Crippen LogP contribution is -2.00. The Bertz CT molecular complexity index is 56.3.